The highest BCUT2D eigenvalue weighted by Gasteiger charge is 2.44. The number of ether oxygens (including phenoxy) is 2. The van der Waals surface area contributed by atoms with Gasteiger partial charge in [0, 0.05) is 0 Å². The summed E-state index contributed by atoms with van der Waals surface area (Å²) in [6.07, 6.45) is -6.97. The van der Waals surface area contributed by atoms with Crippen molar-refractivity contribution in [2.75, 3.05) is 20.3 Å². The van der Waals surface area contributed by atoms with Crippen LogP contribution in [-0.4, -0.2) is 88.5 Å². The first-order valence-corrected chi connectivity index (χ1v) is 5.74. The van der Waals surface area contributed by atoms with Crippen molar-refractivity contribution in [2.24, 2.45) is 0 Å². The van der Waals surface area contributed by atoms with E-state index in [4.69, 9.17) is 19.7 Å². The maximum absolute atomic E-state index is 10.7. The molecule has 6 N–H and O–H groups in total. The zero-order chi connectivity index (χ0) is 14.6. The first-order chi connectivity index (χ1) is 8.92. The lowest BCUT2D eigenvalue weighted by atomic mass is 9.99. The normalized spacial score (nSPS) is 37.0. The molecule has 1 aliphatic heterocycles. The molecule has 0 spiro atoms. The van der Waals surface area contributed by atoms with Gasteiger partial charge in [-0.2, -0.15) is 0 Å². The van der Waals surface area contributed by atoms with Gasteiger partial charge in [0.25, 0.3) is 0 Å². The Balaban J connectivity index is 2.59. The Labute approximate surface area is 109 Å². The molecule has 9 nitrogen and oxygen atoms in total. The van der Waals surface area contributed by atoms with Crippen LogP contribution in [0.3, 0.4) is 0 Å². The summed E-state index contributed by atoms with van der Waals surface area (Å²) in [6.45, 7) is -0.881. The minimum Gasteiger partial charge on any atom is -0.480 e. The SMILES string of the molecule is CN[C@@H](CO[C@H]1O[C@H](CO)[C@@H](O)[C@H](O)[C@H]1O)C(=O)O. The number of rotatable bonds is 6. The molecule has 1 saturated heterocycles. The van der Waals surface area contributed by atoms with E-state index in [1.54, 1.807) is 0 Å². The standard InChI is InChI=1S/C10H19NO8/c1-11-4(9(16)17)3-18-10-8(15)7(14)6(13)5(2-12)19-10/h4-8,10-15H,2-3H2,1H3,(H,16,17)/t4-,5+,6+,7-,8+,10-/m0/s1. The summed E-state index contributed by atoms with van der Waals surface area (Å²) in [5, 5.41) is 48.9. The highest BCUT2D eigenvalue weighted by atomic mass is 16.7. The van der Waals surface area contributed by atoms with Crippen molar-refractivity contribution in [3.8, 4) is 0 Å². The number of carboxylic acid groups (broad SMARTS) is 1. The Kier molecular flexibility index (Phi) is 6.07. The van der Waals surface area contributed by atoms with Crippen molar-refractivity contribution in [3.05, 3.63) is 0 Å². The molecular weight excluding hydrogens is 262 g/mol. The van der Waals surface area contributed by atoms with Gasteiger partial charge in [0.05, 0.1) is 13.2 Å². The van der Waals surface area contributed by atoms with Crippen LogP contribution < -0.4 is 5.32 Å². The molecule has 0 aromatic heterocycles. The van der Waals surface area contributed by atoms with Gasteiger partial charge in [-0.3, -0.25) is 4.79 Å². The van der Waals surface area contributed by atoms with E-state index in [0.29, 0.717) is 0 Å². The van der Waals surface area contributed by atoms with Crippen molar-refractivity contribution < 1.29 is 39.8 Å². The molecule has 6 atom stereocenters. The number of carbonyl (C=O) groups is 1. The van der Waals surface area contributed by atoms with Crippen LogP contribution in [0.1, 0.15) is 0 Å². The van der Waals surface area contributed by atoms with E-state index in [-0.39, 0.29) is 6.61 Å². The summed E-state index contributed by atoms with van der Waals surface area (Å²) >= 11 is 0. The second-order valence-electron chi connectivity index (χ2n) is 4.21. The summed E-state index contributed by atoms with van der Waals surface area (Å²) < 4.78 is 10.1. The van der Waals surface area contributed by atoms with E-state index >= 15 is 0 Å². The highest BCUT2D eigenvalue weighted by Crippen LogP contribution is 2.21. The molecule has 1 heterocycles. The average molecular weight is 281 g/mol. The molecule has 0 saturated carbocycles. The minimum atomic E-state index is -1.55. The Hall–Kier alpha value is -0.810. The molecule has 0 bridgehead atoms. The van der Waals surface area contributed by atoms with Crippen molar-refractivity contribution >= 4 is 5.97 Å². The molecule has 112 valence electrons. The number of likely N-dealkylation sites (N-methyl/N-ethyl adjacent to an activating group) is 1. The third kappa shape index (κ3) is 3.83. The maximum atomic E-state index is 10.7. The van der Waals surface area contributed by atoms with Gasteiger partial charge in [-0.15, -0.1) is 0 Å². The van der Waals surface area contributed by atoms with E-state index in [9.17, 15) is 20.1 Å². The summed E-state index contributed by atoms with van der Waals surface area (Å²) in [6, 6.07) is -1.01. The van der Waals surface area contributed by atoms with Crippen LogP contribution in [-0.2, 0) is 14.3 Å². The quantitative estimate of drug-likeness (QED) is 0.291. The predicted octanol–water partition coefficient (Wildman–Crippen LogP) is -3.52. The lowest BCUT2D eigenvalue weighted by Gasteiger charge is -2.39. The third-order valence-electron chi connectivity index (χ3n) is 2.92. The molecule has 1 rings (SSSR count). The van der Waals surface area contributed by atoms with Crippen LogP contribution in [0, 0.1) is 0 Å². The molecule has 0 unspecified atom stereocenters. The number of aliphatic hydroxyl groups is 4. The van der Waals surface area contributed by atoms with Crippen LogP contribution in [0.5, 0.6) is 0 Å². The summed E-state index contributed by atoms with van der Waals surface area (Å²) in [5.74, 6) is -1.15. The van der Waals surface area contributed by atoms with Gasteiger partial charge in [-0.05, 0) is 7.05 Å². The number of carboxylic acids is 1. The van der Waals surface area contributed by atoms with Crippen molar-refractivity contribution in [2.45, 2.75) is 36.7 Å². The molecule has 1 aliphatic rings. The van der Waals surface area contributed by atoms with Crippen LogP contribution in [0.15, 0.2) is 0 Å². The molecule has 1 fully saturated rings. The van der Waals surface area contributed by atoms with Gasteiger partial charge in [0.1, 0.15) is 30.5 Å². The van der Waals surface area contributed by atoms with Crippen LogP contribution in [0.25, 0.3) is 0 Å². The van der Waals surface area contributed by atoms with Crippen LogP contribution in [0.4, 0.5) is 0 Å². The van der Waals surface area contributed by atoms with Crippen LogP contribution in [0.2, 0.25) is 0 Å². The summed E-state index contributed by atoms with van der Waals surface area (Å²) in [4.78, 5) is 10.7. The average Bonchev–Trinajstić information content (AvgIpc) is 2.38. The molecule has 9 heteroatoms. The lowest BCUT2D eigenvalue weighted by Crippen LogP contribution is -2.59. The van der Waals surface area contributed by atoms with Gasteiger partial charge >= 0.3 is 5.97 Å². The Bertz CT molecular complexity index is 299. The Morgan fingerprint density at radius 2 is 1.95 bits per heavy atom. The minimum absolute atomic E-state index is 0.311. The van der Waals surface area contributed by atoms with Gasteiger partial charge in [0.2, 0.25) is 0 Å². The van der Waals surface area contributed by atoms with Gasteiger partial charge in [0.15, 0.2) is 6.29 Å². The highest BCUT2D eigenvalue weighted by molar-refractivity contribution is 5.73. The number of aliphatic carboxylic acids is 1. The second-order valence-corrected chi connectivity index (χ2v) is 4.21. The Morgan fingerprint density at radius 1 is 1.32 bits per heavy atom. The van der Waals surface area contributed by atoms with E-state index in [0.717, 1.165) is 0 Å². The number of hydrogen-bond donors (Lipinski definition) is 6. The zero-order valence-electron chi connectivity index (χ0n) is 10.3. The Morgan fingerprint density at radius 3 is 2.42 bits per heavy atom. The van der Waals surface area contributed by atoms with E-state index in [1.165, 1.54) is 7.05 Å². The number of aliphatic hydroxyl groups excluding tert-OH is 4. The largest absolute Gasteiger partial charge is 0.480 e. The maximum Gasteiger partial charge on any atom is 0.323 e. The summed E-state index contributed by atoms with van der Waals surface area (Å²) in [5.41, 5.74) is 0. The monoisotopic (exact) mass is 281 g/mol. The molecule has 0 aromatic rings. The third-order valence-corrected chi connectivity index (χ3v) is 2.92. The van der Waals surface area contributed by atoms with E-state index < -0.39 is 49.3 Å². The number of hydrogen-bond acceptors (Lipinski definition) is 8. The topological polar surface area (TPSA) is 149 Å². The molecule has 0 amide bonds. The van der Waals surface area contributed by atoms with Crippen LogP contribution >= 0.6 is 0 Å². The van der Waals surface area contributed by atoms with Gasteiger partial charge in [-0.1, -0.05) is 0 Å². The first kappa shape index (κ1) is 16.2. The second kappa shape index (κ2) is 7.10. The van der Waals surface area contributed by atoms with E-state index in [2.05, 4.69) is 5.32 Å². The molecule has 0 aromatic carbocycles. The lowest BCUT2D eigenvalue weighted by molar-refractivity contribution is -0.301. The molecule has 19 heavy (non-hydrogen) atoms. The predicted molar refractivity (Wildman–Crippen MR) is 60.2 cm³/mol. The first-order valence-electron chi connectivity index (χ1n) is 5.74. The number of nitrogens with one attached hydrogen (secondary N) is 1. The molecule has 0 radical (unpaired) electrons. The molecular formula is C10H19NO8. The van der Waals surface area contributed by atoms with Crippen molar-refractivity contribution in [1.29, 1.82) is 0 Å². The summed E-state index contributed by atoms with van der Waals surface area (Å²) in [7, 11) is 1.43. The van der Waals surface area contributed by atoms with Gasteiger partial charge in [-0.25, -0.2) is 0 Å². The smallest absolute Gasteiger partial charge is 0.323 e. The van der Waals surface area contributed by atoms with Gasteiger partial charge < -0.3 is 40.3 Å². The molecule has 0 aliphatic carbocycles. The fourth-order valence-corrected chi connectivity index (χ4v) is 1.67. The van der Waals surface area contributed by atoms with Crippen molar-refractivity contribution in [1.82, 2.24) is 5.32 Å². The fourth-order valence-electron chi connectivity index (χ4n) is 1.67. The fraction of sp³-hybridized carbons (Fsp3) is 0.900. The zero-order valence-corrected chi connectivity index (χ0v) is 10.3. The van der Waals surface area contributed by atoms with Crippen molar-refractivity contribution in [3.63, 3.8) is 0 Å². The van der Waals surface area contributed by atoms with E-state index in [1.807, 2.05) is 0 Å².